The molecule has 2 N–H and O–H groups in total. The van der Waals surface area contributed by atoms with E-state index in [0.29, 0.717) is 13.1 Å². The van der Waals surface area contributed by atoms with Crippen LogP contribution < -0.4 is 16.0 Å². The molecule has 11 heavy (non-hydrogen) atoms. The van der Waals surface area contributed by atoms with Crippen molar-refractivity contribution in [2.75, 3.05) is 26.2 Å². The van der Waals surface area contributed by atoms with Gasteiger partial charge in [-0.25, -0.2) is 5.32 Å². The maximum absolute atomic E-state index is 11.2. The Hall–Kier alpha value is -0.610. The first-order valence-electron chi connectivity index (χ1n) is 3.99. The van der Waals surface area contributed by atoms with Crippen molar-refractivity contribution in [2.24, 2.45) is 0 Å². The molecule has 4 nitrogen and oxygen atoms in total. The van der Waals surface area contributed by atoms with Crippen LogP contribution in [0.5, 0.6) is 0 Å². The third kappa shape index (κ3) is 2.48. The number of piperazine rings is 1. The van der Waals surface area contributed by atoms with Gasteiger partial charge in [-0.15, -0.1) is 0 Å². The average Bonchev–Trinajstić information content (AvgIpc) is 2.07. The molecule has 0 aromatic carbocycles. The molecule has 1 saturated heterocycles. The SMILES string of the molecule is CCNC(=O)C1CNCC[N]1. The van der Waals surface area contributed by atoms with Crippen LogP contribution in [0, 0.1) is 0 Å². The molecule has 0 spiro atoms. The highest BCUT2D eigenvalue weighted by Gasteiger charge is 2.20. The molecule has 1 rings (SSSR count). The van der Waals surface area contributed by atoms with Crippen LogP contribution in [0.2, 0.25) is 0 Å². The van der Waals surface area contributed by atoms with Gasteiger partial charge in [0.05, 0.1) is 0 Å². The van der Waals surface area contributed by atoms with E-state index < -0.39 is 0 Å². The molecule has 0 aromatic rings. The molecule has 1 fully saturated rings. The maximum Gasteiger partial charge on any atom is 0.240 e. The number of likely N-dealkylation sites (N-methyl/N-ethyl adjacent to an activating group) is 1. The first-order chi connectivity index (χ1) is 5.34. The van der Waals surface area contributed by atoms with Gasteiger partial charge in [0.1, 0.15) is 6.04 Å². The minimum absolute atomic E-state index is 0.0414. The summed E-state index contributed by atoms with van der Waals surface area (Å²) < 4.78 is 0. The summed E-state index contributed by atoms with van der Waals surface area (Å²) in [6.45, 7) is 4.93. The van der Waals surface area contributed by atoms with Gasteiger partial charge in [-0.1, -0.05) is 0 Å². The number of rotatable bonds is 2. The van der Waals surface area contributed by atoms with Crippen molar-refractivity contribution < 1.29 is 4.79 Å². The summed E-state index contributed by atoms with van der Waals surface area (Å²) in [5.74, 6) is 0.0414. The van der Waals surface area contributed by atoms with Gasteiger partial charge in [-0.3, -0.25) is 4.79 Å². The fourth-order valence-corrected chi connectivity index (χ4v) is 1.07. The van der Waals surface area contributed by atoms with Crippen molar-refractivity contribution in [3.8, 4) is 0 Å². The van der Waals surface area contributed by atoms with Crippen LogP contribution in [0.3, 0.4) is 0 Å². The molecule has 0 aromatic heterocycles. The number of amides is 1. The van der Waals surface area contributed by atoms with Gasteiger partial charge in [0.15, 0.2) is 0 Å². The molecule has 1 atom stereocenters. The molecular weight excluding hydrogens is 142 g/mol. The summed E-state index contributed by atoms with van der Waals surface area (Å²) in [6.07, 6.45) is 0. The Morgan fingerprint density at radius 2 is 2.64 bits per heavy atom. The Labute approximate surface area is 66.7 Å². The number of hydrogen-bond donors (Lipinski definition) is 2. The maximum atomic E-state index is 11.2. The van der Waals surface area contributed by atoms with Crippen LogP contribution in [0.4, 0.5) is 0 Å². The first kappa shape index (κ1) is 8.49. The van der Waals surface area contributed by atoms with Crippen molar-refractivity contribution >= 4 is 5.91 Å². The molecule has 0 aliphatic carbocycles. The third-order valence-electron chi connectivity index (χ3n) is 1.63. The Kier molecular flexibility index (Phi) is 3.32. The summed E-state index contributed by atoms with van der Waals surface area (Å²) >= 11 is 0. The summed E-state index contributed by atoms with van der Waals surface area (Å²) in [5.41, 5.74) is 0. The lowest BCUT2D eigenvalue weighted by Gasteiger charge is -2.21. The monoisotopic (exact) mass is 156 g/mol. The molecule has 63 valence electrons. The van der Waals surface area contributed by atoms with Crippen molar-refractivity contribution in [2.45, 2.75) is 13.0 Å². The quantitative estimate of drug-likeness (QED) is 0.522. The third-order valence-corrected chi connectivity index (χ3v) is 1.63. The molecule has 4 heteroatoms. The van der Waals surface area contributed by atoms with E-state index >= 15 is 0 Å². The molecule has 1 aliphatic rings. The fraction of sp³-hybridized carbons (Fsp3) is 0.857. The zero-order valence-electron chi connectivity index (χ0n) is 6.76. The first-order valence-corrected chi connectivity index (χ1v) is 3.99. The number of nitrogens with one attached hydrogen (secondary N) is 2. The largest absolute Gasteiger partial charge is 0.355 e. The van der Waals surface area contributed by atoms with Crippen molar-refractivity contribution in [1.82, 2.24) is 16.0 Å². The molecule has 0 bridgehead atoms. The van der Waals surface area contributed by atoms with E-state index in [1.807, 2.05) is 6.92 Å². The van der Waals surface area contributed by atoms with Gasteiger partial charge in [0.25, 0.3) is 0 Å². The van der Waals surface area contributed by atoms with Gasteiger partial charge >= 0.3 is 0 Å². The van der Waals surface area contributed by atoms with Gasteiger partial charge in [0, 0.05) is 26.2 Å². The fourth-order valence-electron chi connectivity index (χ4n) is 1.07. The smallest absolute Gasteiger partial charge is 0.240 e. The van der Waals surface area contributed by atoms with Crippen LogP contribution in [-0.4, -0.2) is 38.1 Å². The van der Waals surface area contributed by atoms with E-state index in [9.17, 15) is 4.79 Å². The second-order valence-electron chi connectivity index (χ2n) is 2.52. The van der Waals surface area contributed by atoms with Crippen molar-refractivity contribution in [1.29, 1.82) is 0 Å². The van der Waals surface area contributed by atoms with Crippen LogP contribution in [0.1, 0.15) is 6.92 Å². The lowest BCUT2D eigenvalue weighted by Crippen LogP contribution is -2.52. The highest BCUT2D eigenvalue weighted by atomic mass is 16.2. The van der Waals surface area contributed by atoms with Crippen molar-refractivity contribution in [3.63, 3.8) is 0 Å². The highest BCUT2D eigenvalue weighted by molar-refractivity contribution is 5.82. The molecule has 1 amide bonds. The van der Waals surface area contributed by atoms with Gasteiger partial charge < -0.3 is 10.6 Å². The zero-order chi connectivity index (χ0) is 8.10. The Morgan fingerprint density at radius 1 is 1.82 bits per heavy atom. The minimum Gasteiger partial charge on any atom is -0.355 e. The predicted molar refractivity (Wildman–Crippen MR) is 42.3 cm³/mol. The van der Waals surface area contributed by atoms with Gasteiger partial charge in [-0.2, -0.15) is 0 Å². The lowest BCUT2D eigenvalue weighted by atomic mass is 10.2. The van der Waals surface area contributed by atoms with E-state index in [0.717, 1.165) is 13.1 Å². The molecule has 1 aliphatic heterocycles. The normalized spacial score (nSPS) is 24.6. The minimum atomic E-state index is -0.163. The summed E-state index contributed by atoms with van der Waals surface area (Å²) in [7, 11) is 0. The van der Waals surface area contributed by atoms with E-state index in [1.165, 1.54) is 0 Å². The number of carbonyl (C=O) groups excluding carboxylic acids is 1. The van der Waals surface area contributed by atoms with Crippen LogP contribution in [0.15, 0.2) is 0 Å². The predicted octanol–water partition coefficient (Wildman–Crippen LogP) is -1.30. The lowest BCUT2D eigenvalue weighted by molar-refractivity contribution is -0.123. The molecule has 1 radical (unpaired) electrons. The highest BCUT2D eigenvalue weighted by Crippen LogP contribution is 1.88. The van der Waals surface area contributed by atoms with E-state index in [4.69, 9.17) is 0 Å². The number of hydrogen-bond acceptors (Lipinski definition) is 2. The number of nitrogens with zero attached hydrogens (tertiary/aromatic N) is 1. The van der Waals surface area contributed by atoms with E-state index in [-0.39, 0.29) is 11.9 Å². The van der Waals surface area contributed by atoms with E-state index in [1.54, 1.807) is 0 Å². The Bertz CT molecular complexity index is 132. The summed E-state index contributed by atoms with van der Waals surface area (Å²) in [6, 6.07) is -0.163. The Balaban J connectivity index is 2.27. The second kappa shape index (κ2) is 4.31. The van der Waals surface area contributed by atoms with Crippen molar-refractivity contribution in [3.05, 3.63) is 0 Å². The summed E-state index contributed by atoms with van der Waals surface area (Å²) in [4.78, 5) is 11.2. The molecular formula is C7H14N3O. The molecule has 0 saturated carbocycles. The van der Waals surface area contributed by atoms with Crippen LogP contribution in [-0.2, 0) is 4.79 Å². The van der Waals surface area contributed by atoms with Gasteiger partial charge in [-0.05, 0) is 6.92 Å². The summed E-state index contributed by atoms with van der Waals surface area (Å²) in [5, 5.41) is 10.0. The second-order valence-corrected chi connectivity index (χ2v) is 2.52. The standard InChI is InChI=1S/C7H14N3O/c1-2-9-7(11)6-5-8-3-4-10-6/h6,8H,2-5H2,1H3,(H,9,11). The molecule has 1 unspecified atom stereocenters. The van der Waals surface area contributed by atoms with E-state index in [2.05, 4.69) is 16.0 Å². The topological polar surface area (TPSA) is 55.2 Å². The van der Waals surface area contributed by atoms with Crippen LogP contribution >= 0.6 is 0 Å². The number of carbonyl (C=O) groups is 1. The zero-order valence-corrected chi connectivity index (χ0v) is 6.76. The van der Waals surface area contributed by atoms with Crippen LogP contribution in [0.25, 0.3) is 0 Å². The Morgan fingerprint density at radius 3 is 3.18 bits per heavy atom. The average molecular weight is 156 g/mol. The molecule has 1 heterocycles. The van der Waals surface area contributed by atoms with Gasteiger partial charge in [0.2, 0.25) is 5.91 Å².